The minimum absolute atomic E-state index is 0.157. The van der Waals surface area contributed by atoms with Crippen molar-refractivity contribution in [2.75, 3.05) is 12.4 Å². The van der Waals surface area contributed by atoms with Crippen LogP contribution in [0.5, 0.6) is 0 Å². The van der Waals surface area contributed by atoms with Gasteiger partial charge in [-0.2, -0.15) is 0 Å². The van der Waals surface area contributed by atoms with Crippen molar-refractivity contribution in [3.63, 3.8) is 0 Å². The zero-order valence-corrected chi connectivity index (χ0v) is 20.3. The molecule has 0 aromatic rings. The molecule has 180 valence electrons. The normalized spacial score (nSPS) is 26.3. The van der Waals surface area contributed by atoms with E-state index in [0.717, 1.165) is 35.7 Å². The van der Waals surface area contributed by atoms with E-state index in [0.29, 0.717) is 5.92 Å². The molecule has 0 aromatic carbocycles. The molecule has 0 aromatic heterocycles. The van der Waals surface area contributed by atoms with E-state index in [9.17, 15) is 14.4 Å². The lowest BCUT2D eigenvalue weighted by atomic mass is 10.0. The first-order valence-corrected chi connectivity index (χ1v) is 12.0. The standard InChI is InChI=1S/C23H34O8S/c1-6-14(2)13-32-21-10-8-7-9-18(21)30-22-11-19(28-16(4)25)23(29-17(5)26)20(31-22)12-27-15(3)24/h7,9,14,19-20,22-23H,6,8,10-13H2,1-5H3/t14?,19-,20-,22-,23-/m1/s1. The van der Waals surface area contributed by atoms with Gasteiger partial charge in [0.1, 0.15) is 24.6 Å². The smallest absolute Gasteiger partial charge is 0.303 e. The van der Waals surface area contributed by atoms with Crippen molar-refractivity contribution in [2.45, 2.75) is 84.9 Å². The van der Waals surface area contributed by atoms with Gasteiger partial charge in [0.2, 0.25) is 6.29 Å². The molecule has 0 radical (unpaired) electrons. The van der Waals surface area contributed by atoms with Crippen LogP contribution in [0.1, 0.15) is 60.3 Å². The van der Waals surface area contributed by atoms with Crippen LogP contribution in [0.3, 0.4) is 0 Å². The summed E-state index contributed by atoms with van der Waals surface area (Å²) in [5, 5.41) is 0. The van der Waals surface area contributed by atoms with Crippen LogP contribution in [0, 0.1) is 5.92 Å². The van der Waals surface area contributed by atoms with Crippen molar-refractivity contribution in [3.05, 3.63) is 22.8 Å². The molecule has 32 heavy (non-hydrogen) atoms. The number of rotatable bonds is 10. The highest BCUT2D eigenvalue weighted by Gasteiger charge is 2.44. The molecule has 2 aliphatic rings. The SMILES string of the molecule is CCC(C)CSC1=C(O[C@H]2C[C@@H](OC(C)=O)[C@@H](OC(C)=O)[C@@H](COC(C)=O)O2)C=CCC1. The fourth-order valence-corrected chi connectivity index (χ4v) is 4.59. The van der Waals surface area contributed by atoms with Crippen LogP contribution in [0.15, 0.2) is 22.8 Å². The van der Waals surface area contributed by atoms with E-state index in [1.165, 1.54) is 20.8 Å². The molecular weight excluding hydrogens is 436 g/mol. The maximum absolute atomic E-state index is 11.7. The minimum Gasteiger partial charge on any atom is -0.464 e. The van der Waals surface area contributed by atoms with E-state index in [-0.39, 0.29) is 13.0 Å². The molecule has 2 rings (SSSR count). The maximum atomic E-state index is 11.7. The lowest BCUT2D eigenvalue weighted by Gasteiger charge is -2.40. The van der Waals surface area contributed by atoms with E-state index >= 15 is 0 Å². The van der Waals surface area contributed by atoms with E-state index in [4.69, 9.17) is 23.7 Å². The number of carbonyl (C=O) groups excluding carboxylic acids is 3. The van der Waals surface area contributed by atoms with Gasteiger partial charge in [-0.25, -0.2) is 0 Å². The third kappa shape index (κ3) is 8.50. The number of ether oxygens (including phenoxy) is 5. The predicted octanol–water partition coefficient (Wildman–Crippen LogP) is 3.89. The van der Waals surface area contributed by atoms with Gasteiger partial charge in [-0.15, -0.1) is 11.8 Å². The molecule has 1 aliphatic carbocycles. The third-order valence-electron chi connectivity index (χ3n) is 5.13. The summed E-state index contributed by atoms with van der Waals surface area (Å²) < 4.78 is 28.1. The van der Waals surface area contributed by atoms with Gasteiger partial charge in [-0.3, -0.25) is 14.4 Å². The Bertz CT molecular complexity index is 732. The summed E-state index contributed by atoms with van der Waals surface area (Å²) in [6.45, 7) is 8.05. The van der Waals surface area contributed by atoms with Crippen LogP contribution >= 0.6 is 11.8 Å². The van der Waals surface area contributed by atoms with E-state index in [2.05, 4.69) is 13.8 Å². The monoisotopic (exact) mass is 470 g/mol. The molecule has 0 amide bonds. The maximum Gasteiger partial charge on any atom is 0.303 e. The van der Waals surface area contributed by atoms with Crippen molar-refractivity contribution in [3.8, 4) is 0 Å². The van der Waals surface area contributed by atoms with E-state index < -0.39 is 42.5 Å². The summed E-state index contributed by atoms with van der Waals surface area (Å²) in [4.78, 5) is 35.8. The second-order valence-electron chi connectivity index (χ2n) is 8.04. The molecule has 1 unspecified atom stereocenters. The molecule has 1 heterocycles. The lowest BCUT2D eigenvalue weighted by Crippen LogP contribution is -2.54. The Morgan fingerprint density at radius 1 is 1.16 bits per heavy atom. The Hall–Kier alpha value is -2.00. The molecule has 1 aliphatic heterocycles. The highest BCUT2D eigenvalue weighted by Crippen LogP contribution is 2.35. The van der Waals surface area contributed by atoms with E-state index in [1.54, 1.807) is 11.8 Å². The Morgan fingerprint density at radius 2 is 1.88 bits per heavy atom. The highest BCUT2D eigenvalue weighted by atomic mass is 32.2. The van der Waals surface area contributed by atoms with Crippen molar-refractivity contribution >= 4 is 29.7 Å². The van der Waals surface area contributed by atoms with Crippen LogP contribution in [0.2, 0.25) is 0 Å². The second kappa shape index (κ2) is 12.9. The molecule has 0 N–H and O–H groups in total. The summed E-state index contributed by atoms with van der Waals surface area (Å²) >= 11 is 1.79. The fraction of sp³-hybridized carbons (Fsp3) is 0.696. The van der Waals surface area contributed by atoms with Crippen LogP contribution in [-0.4, -0.2) is 54.9 Å². The molecule has 5 atom stereocenters. The Balaban J connectivity index is 2.20. The Labute approximate surface area is 194 Å². The van der Waals surface area contributed by atoms with Gasteiger partial charge in [-0.1, -0.05) is 26.3 Å². The topological polar surface area (TPSA) is 97.4 Å². The van der Waals surface area contributed by atoms with Crippen molar-refractivity contribution in [1.82, 2.24) is 0 Å². The van der Waals surface area contributed by atoms with Gasteiger partial charge in [0.15, 0.2) is 6.10 Å². The fourth-order valence-electron chi connectivity index (χ4n) is 3.34. The minimum atomic E-state index is -0.911. The number of hydrogen-bond donors (Lipinski definition) is 0. The average Bonchev–Trinajstić information content (AvgIpc) is 2.72. The molecule has 0 bridgehead atoms. The summed E-state index contributed by atoms with van der Waals surface area (Å²) in [6, 6.07) is 0. The summed E-state index contributed by atoms with van der Waals surface area (Å²) in [6.07, 6.45) is 3.80. The van der Waals surface area contributed by atoms with Crippen molar-refractivity contribution in [1.29, 1.82) is 0 Å². The highest BCUT2D eigenvalue weighted by molar-refractivity contribution is 8.03. The lowest BCUT2D eigenvalue weighted by molar-refractivity contribution is -0.256. The van der Waals surface area contributed by atoms with Gasteiger partial charge in [0, 0.05) is 31.4 Å². The van der Waals surface area contributed by atoms with Gasteiger partial charge < -0.3 is 23.7 Å². The first-order valence-electron chi connectivity index (χ1n) is 11.0. The number of thioether (sulfide) groups is 1. The zero-order chi connectivity index (χ0) is 23.7. The van der Waals surface area contributed by atoms with Gasteiger partial charge in [-0.05, 0) is 24.8 Å². The number of hydrogen-bond acceptors (Lipinski definition) is 9. The molecule has 0 saturated carbocycles. The zero-order valence-electron chi connectivity index (χ0n) is 19.5. The summed E-state index contributed by atoms with van der Waals surface area (Å²) in [5.74, 6) is 0.761. The molecule has 9 heteroatoms. The van der Waals surface area contributed by atoms with Gasteiger partial charge >= 0.3 is 17.9 Å². The number of esters is 3. The average molecular weight is 471 g/mol. The van der Waals surface area contributed by atoms with Gasteiger partial charge in [0.25, 0.3) is 0 Å². The number of allylic oxidation sites excluding steroid dienone is 3. The van der Waals surface area contributed by atoms with Crippen molar-refractivity contribution < 1.29 is 38.1 Å². The molecule has 8 nitrogen and oxygen atoms in total. The van der Waals surface area contributed by atoms with Crippen molar-refractivity contribution in [2.24, 2.45) is 5.92 Å². The molecule has 1 saturated heterocycles. The van der Waals surface area contributed by atoms with E-state index in [1.807, 2.05) is 12.2 Å². The summed E-state index contributed by atoms with van der Waals surface area (Å²) in [7, 11) is 0. The van der Waals surface area contributed by atoms with Crippen LogP contribution in [0.25, 0.3) is 0 Å². The Kier molecular flexibility index (Phi) is 10.6. The largest absolute Gasteiger partial charge is 0.464 e. The quantitative estimate of drug-likeness (QED) is 0.348. The first-order chi connectivity index (χ1) is 15.2. The molecule has 1 fully saturated rings. The molecular formula is C23H34O8S. The third-order valence-corrected chi connectivity index (χ3v) is 6.62. The number of carbonyl (C=O) groups is 3. The first kappa shape index (κ1) is 26.3. The summed E-state index contributed by atoms with van der Waals surface area (Å²) in [5.41, 5.74) is 0. The van der Waals surface area contributed by atoms with Gasteiger partial charge in [0.05, 0.1) is 6.42 Å². The Morgan fingerprint density at radius 3 is 2.50 bits per heavy atom. The van der Waals surface area contributed by atoms with Crippen LogP contribution < -0.4 is 0 Å². The van der Waals surface area contributed by atoms with Crippen LogP contribution in [-0.2, 0) is 38.1 Å². The van der Waals surface area contributed by atoms with Crippen LogP contribution in [0.4, 0.5) is 0 Å². The predicted molar refractivity (Wildman–Crippen MR) is 119 cm³/mol. The second-order valence-corrected chi connectivity index (χ2v) is 9.15. The molecule has 0 spiro atoms.